The van der Waals surface area contributed by atoms with Gasteiger partial charge in [0.25, 0.3) is 0 Å². The van der Waals surface area contributed by atoms with Crippen molar-refractivity contribution in [3.8, 4) is 0 Å². The van der Waals surface area contributed by atoms with E-state index in [1.807, 2.05) is 0 Å². The number of ether oxygens (including phenoxy) is 2. The number of carbonyl (C=O) groups excluding carboxylic acids is 2. The van der Waals surface area contributed by atoms with Crippen LogP contribution in [0.5, 0.6) is 0 Å². The normalized spacial score (nSPS) is 22.3. The van der Waals surface area contributed by atoms with Crippen LogP contribution in [-0.2, 0) is 19.1 Å². The minimum absolute atomic E-state index is 0.186. The molecular weight excluding hydrogens is 252 g/mol. The quantitative estimate of drug-likeness (QED) is 0.781. The minimum atomic E-state index is -0.763. The number of amides is 1. The predicted octanol–water partition coefficient (Wildman–Crippen LogP) is 1.22. The van der Waals surface area contributed by atoms with E-state index in [0.29, 0.717) is 0 Å². The van der Waals surface area contributed by atoms with Gasteiger partial charge < -0.3 is 19.6 Å². The predicted molar refractivity (Wildman–Crippen MR) is 67.8 cm³/mol. The average Bonchev–Trinajstić information content (AvgIpc) is 2.67. The molecule has 1 amide bonds. The fourth-order valence-corrected chi connectivity index (χ4v) is 1.48. The zero-order valence-electron chi connectivity index (χ0n) is 11.9. The summed E-state index contributed by atoms with van der Waals surface area (Å²) in [6.07, 6.45) is -0.265. The zero-order chi connectivity index (χ0) is 14.7. The van der Waals surface area contributed by atoms with Gasteiger partial charge in [-0.1, -0.05) is 5.16 Å². The molecule has 0 aliphatic carbocycles. The molecule has 0 saturated carbocycles. The van der Waals surface area contributed by atoms with E-state index < -0.39 is 23.3 Å². The van der Waals surface area contributed by atoms with Crippen LogP contribution in [0.1, 0.15) is 34.1 Å². The molecule has 0 fully saturated rings. The van der Waals surface area contributed by atoms with Gasteiger partial charge in [-0.25, -0.2) is 9.59 Å². The maximum atomic E-state index is 11.5. The number of esters is 1. The van der Waals surface area contributed by atoms with Crippen molar-refractivity contribution in [2.45, 2.75) is 45.3 Å². The summed E-state index contributed by atoms with van der Waals surface area (Å²) in [5.74, 6) is -0.527. The summed E-state index contributed by atoms with van der Waals surface area (Å²) < 4.78 is 9.66. The summed E-state index contributed by atoms with van der Waals surface area (Å²) in [5, 5.41) is 6.25. The highest BCUT2D eigenvalue weighted by Gasteiger charge is 2.38. The van der Waals surface area contributed by atoms with Crippen molar-refractivity contribution < 1.29 is 23.9 Å². The highest BCUT2D eigenvalue weighted by molar-refractivity contribution is 6.36. The Morgan fingerprint density at radius 3 is 2.63 bits per heavy atom. The molecule has 0 saturated heterocycles. The summed E-state index contributed by atoms with van der Waals surface area (Å²) in [5.41, 5.74) is -1.12. The number of alkyl carbamates (subject to hydrolysis) is 1. The molecule has 7 nitrogen and oxygen atoms in total. The van der Waals surface area contributed by atoms with Crippen LogP contribution in [0.2, 0.25) is 0 Å². The molecule has 0 bridgehead atoms. The van der Waals surface area contributed by atoms with E-state index in [9.17, 15) is 9.59 Å². The molecule has 0 aromatic carbocycles. The highest BCUT2D eigenvalue weighted by Crippen LogP contribution is 2.23. The minimum Gasteiger partial charge on any atom is -0.464 e. The van der Waals surface area contributed by atoms with Crippen LogP contribution in [0.15, 0.2) is 5.16 Å². The van der Waals surface area contributed by atoms with E-state index >= 15 is 0 Å². The van der Waals surface area contributed by atoms with Crippen LogP contribution < -0.4 is 5.32 Å². The molecule has 0 spiro atoms. The van der Waals surface area contributed by atoms with Crippen molar-refractivity contribution in [3.05, 3.63) is 0 Å². The van der Waals surface area contributed by atoms with Gasteiger partial charge in [0.2, 0.25) is 0 Å². The number of nitrogens with one attached hydrogen (secondary N) is 1. The number of carbonyl (C=O) groups is 2. The first-order chi connectivity index (χ1) is 8.65. The third kappa shape index (κ3) is 4.76. The molecule has 19 heavy (non-hydrogen) atoms. The Balaban J connectivity index is 2.43. The second kappa shape index (κ2) is 5.46. The third-order valence-corrected chi connectivity index (χ3v) is 2.34. The zero-order valence-corrected chi connectivity index (χ0v) is 11.9. The summed E-state index contributed by atoms with van der Waals surface area (Å²) in [7, 11) is 1.28. The van der Waals surface area contributed by atoms with Crippen molar-refractivity contribution >= 4 is 17.8 Å². The summed E-state index contributed by atoms with van der Waals surface area (Å²) in [4.78, 5) is 28.0. The number of hydrogen-bond donors (Lipinski definition) is 1. The van der Waals surface area contributed by atoms with Crippen molar-refractivity contribution in [1.82, 2.24) is 5.32 Å². The first-order valence-corrected chi connectivity index (χ1v) is 5.95. The van der Waals surface area contributed by atoms with Gasteiger partial charge in [-0.15, -0.1) is 0 Å². The number of rotatable bonds is 3. The standard InChI is InChI=1S/C12H20N2O5/c1-11(2,3)18-10(16)13-7-12(4)6-8(14-19-12)9(15)17-5/h6-7H2,1-5H3,(H,13,16). The third-order valence-electron chi connectivity index (χ3n) is 2.34. The van der Waals surface area contributed by atoms with Crippen LogP contribution in [-0.4, -0.2) is 42.6 Å². The van der Waals surface area contributed by atoms with Gasteiger partial charge in [0.15, 0.2) is 11.3 Å². The topological polar surface area (TPSA) is 86.2 Å². The molecule has 1 heterocycles. The van der Waals surface area contributed by atoms with Crippen LogP contribution in [0.25, 0.3) is 0 Å². The monoisotopic (exact) mass is 272 g/mol. The maximum absolute atomic E-state index is 11.5. The van der Waals surface area contributed by atoms with Crippen molar-refractivity contribution in [2.24, 2.45) is 5.16 Å². The highest BCUT2D eigenvalue weighted by atomic mass is 16.7. The molecule has 0 radical (unpaired) electrons. The Kier molecular flexibility index (Phi) is 4.39. The van der Waals surface area contributed by atoms with Crippen molar-refractivity contribution in [3.63, 3.8) is 0 Å². The SMILES string of the molecule is COC(=O)C1=NOC(C)(CNC(=O)OC(C)(C)C)C1. The first-order valence-electron chi connectivity index (χ1n) is 5.95. The summed E-state index contributed by atoms with van der Waals surface area (Å²) in [6.45, 7) is 7.26. The summed E-state index contributed by atoms with van der Waals surface area (Å²) >= 11 is 0. The fourth-order valence-electron chi connectivity index (χ4n) is 1.48. The number of oxime groups is 1. The van der Waals surface area contributed by atoms with E-state index in [4.69, 9.17) is 9.57 Å². The van der Waals surface area contributed by atoms with Gasteiger partial charge in [-0.2, -0.15) is 0 Å². The largest absolute Gasteiger partial charge is 0.464 e. The van der Waals surface area contributed by atoms with Crippen LogP contribution in [0, 0.1) is 0 Å². The van der Waals surface area contributed by atoms with E-state index in [0.717, 1.165) is 0 Å². The molecule has 108 valence electrons. The van der Waals surface area contributed by atoms with Crippen molar-refractivity contribution in [1.29, 1.82) is 0 Å². The second-order valence-corrected chi connectivity index (χ2v) is 5.60. The molecule has 1 aliphatic heterocycles. The number of hydrogen-bond acceptors (Lipinski definition) is 6. The molecule has 7 heteroatoms. The van der Waals surface area contributed by atoms with Gasteiger partial charge in [-0.3, -0.25) is 0 Å². The van der Waals surface area contributed by atoms with Crippen LogP contribution in [0.4, 0.5) is 4.79 Å². The molecule has 0 aromatic heterocycles. The molecule has 0 aromatic rings. The molecule has 1 aliphatic rings. The van der Waals surface area contributed by atoms with Gasteiger partial charge in [0.1, 0.15) is 5.60 Å². The van der Waals surface area contributed by atoms with Crippen molar-refractivity contribution in [2.75, 3.05) is 13.7 Å². The molecule has 1 rings (SSSR count). The van der Waals surface area contributed by atoms with E-state index in [1.54, 1.807) is 27.7 Å². The second-order valence-electron chi connectivity index (χ2n) is 5.60. The van der Waals surface area contributed by atoms with Gasteiger partial charge in [0, 0.05) is 6.42 Å². The van der Waals surface area contributed by atoms with E-state index in [1.165, 1.54) is 7.11 Å². The Labute approximate surface area is 112 Å². The van der Waals surface area contributed by atoms with Gasteiger partial charge >= 0.3 is 12.1 Å². The Bertz CT molecular complexity index is 399. The Hall–Kier alpha value is -1.79. The average molecular weight is 272 g/mol. The van der Waals surface area contributed by atoms with E-state index in [-0.39, 0.29) is 18.7 Å². The smallest absolute Gasteiger partial charge is 0.407 e. The van der Waals surface area contributed by atoms with E-state index in [2.05, 4.69) is 15.2 Å². The maximum Gasteiger partial charge on any atom is 0.407 e. The number of methoxy groups -OCH3 is 1. The molecule has 1 unspecified atom stereocenters. The Morgan fingerprint density at radius 1 is 1.47 bits per heavy atom. The van der Waals surface area contributed by atoms with Crippen LogP contribution in [0.3, 0.4) is 0 Å². The lowest BCUT2D eigenvalue weighted by Crippen LogP contribution is -2.43. The van der Waals surface area contributed by atoms with Gasteiger partial charge in [-0.05, 0) is 27.7 Å². The lowest BCUT2D eigenvalue weighted by molar-refractivity contribution is -0.132. The molecule has 1 atom stereocenters. The van der Waals surface area contributed by atoms with Gasteiger partial charge in [0.05, 0.1) is 13.7 Å². The molecule has 1 N–H and O–H groups in total. The fraction of sp³-hybridized carbons (Fsp3) is 0.750. The lowest BCUT2D eigenvalue weighted by Gasteiger charge is -2.24. The molecular formula is C12H20N2O5. The number of nitrogens with zero attached hydrogens (tertiary/aromatic N) is 1. The summed E-state index contributed by atoms with van der Waals surface area (Å²) in [6, 6.07) is 0. The first kappa shape index (κ1) is 15.3. The Morgan fingerprint density at radius 2 is 2.11 bits per heavy atom. The lowest BCUT2D eigenvalue weighted by atomic mass is 10.00. The van der Waals surface area contributed by atoms with Crippen LogP contribution >= 0.6 is 0 Å².